The summed E-state index contributed by atoms with van der Waals surface area (Å²) in [5.74, 6) is 0.809. The molecule has 0 unspecified atom stereocenters. The molecule has 1 aliphatic rings. The third kappa shape index (κ3) is 6.06. The van der Waals surface area contributed by atoms with Crippen LogP contribution >= 0.6 is 27.3 Å². The number of anilines is 1. The topological polar surface area (TPSA) is 92.2 Å². The number of fused-ring (bicyclic) bond motifs is 1. The molecule has 3 aromatic carbocycles. The van der Waals surface area contributed by atoms with Gasteiger partial charge in [-0.2, -0.15) is 14.4 Å². The van der Waals surface area contributed by atoms with Gasteiger partial charge in [-0.1, -0.05) is 34.2 Å². The highest BCUT2D eigenvalue weighted by Crippen LogP contribution is 2.32. The molecule has 1 amide bonds. The van der Waals surface area contributed by atoms with Gasteiger partial charge in [0.05, 0.1) is 28.4 Å². The Morgan fingerprint density at radius 2 is 1.79 bits per heavy atom. The van der Waals surface area contributed by atoms with Crippen molar-refractivity contribution in [1.82, 2.24) is 9.29 Å². The van der Waals surface area contributed by atoms with Gasteiger partial charge in [0.15, 0.2) is 0 Å². The van der Waals surface area contributed by atoms with Crippen LogP contribution in [0.15, 0.2) is 81.2 Å². The van der Waals surface area contributed by atoms with Crippen molar-refractivity contribution in [3.63, 3.8) is 0 Å². The average Bonchev–Trinajstić information content (AvgIpc) is 3.36. The molecule has 8 nitrogen and oxygen atoms in total. The van der Waals surface area contributed by atoms with Gasteiger partial charge in [0, 0.05) is 23.1 Å². The standard InChI is InChI=1S/C28H27BrN4O4S2/c1-19-13-15-32(16-14-19)39(35,36)24-10-5-21(6-11-24)27(34)33(30-18-20-3-8-23(37-2)9-4-20)28-31-25-12-7-22(29)17-26(25)38-28/h3-12,17-19H,13-16H2,1-2H3/b30-18+. The zero-order chi connectivity index (χ0) is 27.6. The summed E-state index contributed by atoms with van der Waals surface area (Å²) in [7, 11) is -2.02. The van der Waals surface area contributed by atoms with Gasteiger partial charge in [-0.15, -0.1) is 0 Å². The van der Waals surface area contributed by atoms with E-state index in [0.29, 0.717) is 35.5 Å². The molecule has 39 heavy (non-hydrogen) atoms. The third-order valence-electron chi connectivity index (χ3n) is 6.63. The summed E-state index contributed by atoms with van der Waals surface area (Å²) in [4.78, 5) is 18.5. The monoisotopic (exact) mass is 626 g/mol. The summed E-state index contributed by atoms with van der Waals surface area (Å²) in [6.07, 6.45) is 3.26. The van der Waals surface area contributed by atoms with E-state index < -0.39 is 15.9 Å². The number of hydrogen-bond acceptors (Lipinski definition) is 7. The van der Waals surface area contributed by atoms with Gasteiger partial charge >= 0.3 is 0 Å². The fraction of sp³-hybridized carbons (Fsp3) is 0.250. The van der Waals surface area contributed by atoms with Crippen LogP contribution in [0.3, 0.4) is 0 Å². The van der Waals surface area contributed by atoms with Gasteiger partial charge in [-0.3, -0.25) is 4.79 Å². The lowest BCUT2D eigenvalue weighted by atomic mass is 10.0. The molecule has 4 aromatic rings. The Balaban J connectivity index is 1.45. The first-order valence-corrected chi connectivity index (χ1v) is 15.5. The predicted octanol–water partition coefficient (Wildman–Crippen LogP) is 6.17. The van der Waals surface area contributed by atoms with E-state index >= 15 is 0 Å². The molecular formula is C28H27BrN4O4S2. The maximum absolute atomic E-state index is 13.7. The van der Waals surface area contributed by atoms with Crippen molar-refractivity contribution < 1.29 is 17.9 Å². The second-order valence-electron chi connectivity index (χ2n) is 9.35. The Kier molecular flexibility index (Phi) is 8.13. The van der Waals surface area contributed by atoms with Crippen LogP contribution in [0.4, 0.5) is 5.13 Å². The number of carbonyl (C=O) groups excluding carboxylic acids is 1. The molecule has 5 rings (SSSR count). The van der Waals surface area contributed by atoms with Crippen molar-refractivity contribution >= 4 is 64.8 Å². The number of methoxy groups -OCH3 is 1. The molecule has 0 atom stereocenters. The van der Waals surface area contributed by atoms with Gasteiger partial charge in [0.25, 0.3) is 5.91 Å². The number of amides is 1. The summed E-state index contributed by atoms with van der Waals surface area (Å²) in [6.45, 7) is 3.15. The SMILES string of the molecule is COc1ccc(/C=N/N(C(=O)c2ccc(S(=O)(=O)N3CCC(C)CC3)cc2)c2nc3ccc(Br)cc3s2)cc1. The van der Waals surface area contributed by atoms with Crippen molar-refractivity contribution in [3.05, 3.63) is 82.3 Å². The Morgan fingerprint density at radius 3 is 2.46 bits per heavy atom. The highest BCUT2D eigenvalue weighted by molar-refractivity contribution is 9.10. The number of nitrogens with zero attached hydrogens (tertiary/aromatic N) is 4. The Hall–Kier alpha value is -3.12. The molecule has 0 N–H and O–H groups in total. The van der Waals surface area contributed by atoms with E-state index in [-0.39, 0.29) is 4.90 Å². The van der Waals surface area contributed by atoms with Gasteiger partial charge in [0.2, 0.25) is 15.2 Å². The summed E-state index contributed by atoms with van der Waals surface area (Å²) >= 11 is 4.82. The number of benzene rings is 3. The van der Waals surface area contributed by atoms with Crippen molar-refractivity contribution in [2.24, 2.45) is 11.0 Å². The molecule has 0 spiro atoms. The first-order chi connectivity index (χ1) is 18.7. The number of thiazole rings is 1. The average molecular weight is 628 g/mol. The fourth-order valence-electron chi connectivity index (χ4n) is 4.25. The minimum Gasteiger partial charge on any atom is -0.497 e. The van der Waals surface area contributed by atoms with Gasteiger partial charge < -0.3 is 4.74 Å². The molecule has 1 aliphatic heterocycles. The Bertz CT molecular complexity index is 1610. The maximum atomic E-state index is 13.7. The number of hydrogen-bond donors (Lipinski definition) is 0. The van der Waals surface area contributed by atoms with E-state index in [9.17, 15) is 13.2 Å². The number of aromatic nitrogens is 1. The molecule has 0 aliphatic carbocycles. The van der Waals surface area contributed by atoms with E-state index in [2.05, 4.69) is 32.9 Å². The minimum absolute atomic E-state index is 0.173. The van der Waals surface area contributed by atoms with Crippen molar-refractivity contribution in [2.75, 3.05) is 25.2 Å². The molecule has 1 saturated heterocycles. The number of sulfonamides is 1. The normalized spacial score (nSPS) is 15.2. The van der Waals surface area contributed by atoms with Crippen LogP contribution in [0.5, 0.6) is 5.75 Å². The zero-order valence-corrected chi connectivity index (χ0v) is 24.7. The number of ether oxygens (including phenoxy) is 1. The van der Waals surface area contributed by atoms with E-state index in [4.69, 9.17) is 4.74 Å². The van der Waals surface area contributed by atoms with Crippen LogP contribution in [-0.4, -0.2) is 50.0 Å². The quantitative estimate of drug-likeness (QED) is 0.181. The largest absolute Gasteiger partial charge is 0.497 e. The summed E-state index contributed by atoms with van der Waals surface area (Å²) < 4.78 is 34.8. The number of carbonyl (C=O) groups is 1. The number of halogens is 1. The first kappa shape index (κ1) is 27.4. The summed E-state index contributed by atoms with van der Waals surface area (Å²) in [5.41, 5.74) is 1.82. The fourth-order valence-corrected chi connectivity index (χ4v) is 7.19. The van der Waals surface area contributed by atoms with E-state index in [1.54, 1.807) is 13.3 Å². The van der Waals surface area contributed by atoms with E-state index in [0.717, 1.165) is 33.1 Å². The van der Waals surface area contributed by atoms with Gasteiger partial charge in [-0.25, -0.2) is 13.4 Å². The third-order valence-corrected chi connectivity index (χ3v) is 10.0. The number of hydrazone groups is 1. The molecule has 0 saturated carbocycles. The van der Waals surface area contributed by atoms with Crippen LogP contribution in [0.1, 0.15) is 35.7 Å². The Morgan fingerprint density at radius 1 is 1.10 bits per heavy atom. The van der Waals surface area contributed by atoms with Crippen LogP contribution in [0, 0.1) is 5.92 Å². The maximum Gasteiger partial charge on any atom is 0.280 e. The second kappa shape index (κ2) is 11.5. The molecule has 11 heteroatoms. The highest BCUT2D eigenvalue weighted by Gasteiger charge is 2.29. The van der Waals surface area contributed by atoms with Gasteiger partial charge in [-0.05, 0) is 91.1 Å². The second-order valence-corrected chi connectivity index (χ2v) is 13.2. The van der Waals surface area contributed by atoms with Crippen LogP contribution in [0.2, 0.25) is 0 Å². The highest BCUT2D eigenvalue weighted by atomic mass is 79.9. The molecule has 1 fully saturated rings. The molecule has 1 aromatic heterocycles. The van der Waals surface area contributed by atoms with Crippen molar-refractivity contribution in [1.29, 1.82) is 0 Å². The number of piperidine rings is 1. The molecule has 0 radical (unpaired) electrons. The van der Waals surface area contributed by atoms with E-state index in [1.165, 1.54) is 44.9 Å². The smallest absolute Gasteiger partial charge is 0.280 e. The van der Waals surface area contributed by atoms with Crippen molar-refractivity contribution in [3.8, 4) is 5.75 Å². The summed E-state index contributed by atoms with van der Waals surface area (Å²) in [5, 5.41) is 6.14. The molecule has 2 heterocycles. The first-order valence-electron chi connectivity index (χ1n) is 12.4. The van der Waals surface area contributed by atoms with Crippen molar-refractivity contribution in [2.45, 2.75) is 24.7 Å². The zero-order valence-electron chi connectivity index (χ0n) is 21.5. The van der Waals surface area contributed by atoms with Crippen LogP contribution < -0.4 is 9.75 Å². The van der Waals surface area contributed by atoms with E-state index in [1.807, 2.05) is 42.5 Å². The van der Waals surface area contributed by atoms with Crippen LogP contribution in [0.25, 0.3) is 10.2 Å². The lowest BCUT2D eigenvalue weighted by Gasteiger charge is -2.29. The molecular weight excluding hydrogens is 600 g/mol. The predicted molar refractivity (Wildman–Crippen MR) is 158 cm³/mol. The minimum atomic E-state index is -3.62. The Labute approximate surface area is 240 Å². The number of rotatable bonds is 7. The molecule has 202 valence electrons. The summed E-state index contributed by atoms with van der Waals surface area (Å²) in [6, 6.07) is 19.0. The van der Waals surface area contributed by atoms with Gasteiger partial charge in [0.1, 0.15) is 5.75 Å². The van der Waals surface area contributed by atoms with Crippen LogP contribution in [-0.2, 0) is 10.0 Å². The molecule has 0 bridgehead atoms. The lowest BCUT2D eigenvalue weighted by Crippen LogP contribution is -2.37. The lowest BCUT2D eigenvalue weighted by molar-refractivity contribution is 0.0987.